The molecule has 164 valence electrons. The van der Waals surface area contributed by atoms with Crippen molar-refractivity contribution in [1.29, 1.82) is 0 Å². The first-order chi connectivity index (χ1) is 15.7. The lowest BCUT2D eigenvalue weighted by molar-refractivity contribution is 0.350. The topological polar surface area (TPSA) is 59.1 Å². The molecule has 5 rings (SSSR count). The van der Waals surface area contributed by atoms with Gasteiger partial charge in [0.1, 0.15) is 11.6 Å². The molecule has 0 bridgehead atoms. The highest BCUT2D eigenvalue weighted by Gasteiger charge is 2.22. The minimum Gasteiger partial charge on any atom is -0.497 e. The number of hydrogen-bond acceptors (Lipinski definition) is 5. The van der Waals surface area contributed by atoms with Crippen LogP contribution in [0.3, 0.4) is 0 Å². The summed E-state index contributed by atoms with van der Waals surface area (Å²) in [7, 11) is 1.69. The van der Waals surface area contributed by atoms with E-state index in [0.717, 1.165) is 30.0 Å². The lowest BCUT2D eigenvalue weighted by Crippen LogP contribution is -2.38. The van der Waals surface area contributed by atoms with Gasteiger partial charge >= 0.3 is 0 Å². The van der Waals surface area contributed by atoms with Gasteiger partial charge in [-0.3, -0.25) is 4.98 Å². The number of nitrogens with one attached hydrogen (secondary N) is 2. The SMILES string of the molecule is COc1ccc2c(C)cc(N[C@H]3CCC[C@H](NCc4cncc5ccccc45)C3)nc2c1. The van der Waals surface area contributed by atoms with Crippen LogP contribution >= 0.6 is 0 Å². The van der Waals surface area contributed by atoms with Crippen LogP contribution in [0.5, 0.6) is 5.75 Å². The average Bonchev–Trinajstić information content (AvgIpc) is 2.82. The molecule has 1 saturated carbocycles. The van der Waals surface area contributed by atoms with Crippen LogP contribution in [0.15, 0.2) is 60.9 Å². The highest BCUT2D eigenvalue weighted by molar-refractivity contribution is 5.85. The normalized spacial score (nSPS) is 18.7. The molecule has 0 unspecified atom stereocenters. The molecule has 32 heavy (non-hydrogen) atoms. The Labute approximate surface area is 189 Å². The van der Waals surface area contributed by atoms with Gasteiger partial charge in [0.25, 0.3) is 0 Å². The Morgan fingerprint density at radius 2 is 1.88 bits per heavy atom. The van der Waals surface area contributed by atoms with Gasteiger partial charge in [-0.25, -0.2) is 4.98 Å². The first kappa shape index (κ1) is 20.7. The van der Waals surface area contributed by atoms with Gasteiger partial charge in [-0.1, -0.05) is 24.3 Å². The number of ether oxygens (including phenoxy) is 1. The van der Waals surface area contributed by atoms with E-state index in [1.807, 2.05) is 24.5 Å². The number of nitrogens with zero attached hydrogens (tertiary/aromatic N) is 2. The van der Waals surface area contributed by atoms with E-state index in [1.54, 1.807) is 7.11 Å². The first-order valence-electron chi connectivity index (χ1n) is 11.5. The van der Waals surface area contributed by atoms with E-state index in [1.165, 1.54) is 46.5 Å². The van der Waals surface area contributed by atoms with Crippen LogP contribution in [0.1, 0.15) is 36.8 Å². The van der Waals surface area contributed by atoms with Crippen molar-refractivity contribution in [1.82, 2.24) is 15.3 Å². The largest absolute Gasteiger partial charge is 0.497 e. The molecule has 2 heterocycles. The molecule has 5 nitrogen and oxygen atoms in total. The number of aryl methyl sites for hydroxylation is 1. The van der Waals surface area contributed by atoms with E-state index in [0.29, 0.717) is 12.1 Å². The zero-order valence-electron chi connectivity index (χ0n) is 18.8. The Balaban J connectivity index is 1.26. The number of methoxy groups -OCH3 is 1. The fraction of sp³-hybridized carbons (Fsp3) is 0.333. The van der Waals surface area contributed by atoms with Crippen LogP contribution in [-0.4, -0.2) is 29.2 Å². The summed E-state index contributed by atoms with van der Waals surface area (Å²) in [6.07, 6.45) is 8.61. The summed E-state index contributed by atoms with van der Waals surface area (Å²) in [5.74, 6) is 1.79. The molecular formula is C27H30N4O. The number of aromatic nitrogens is 2. The molecule has 4 aromatic rings. The van der Waals surface area contributed by atoms with Gasteiger partial charge in [-0.2, -0.15) is 0 Å². The molecule has 2 aromatic carbocycles. The van der Waals surface area contributed by atoms with Crippen LogP contribution < -0.4 is 15.4 Å². The lowest BCUT2D eigenvalue weighted by atomic mass is 9.90. The molecule has 0 spiro atoms. The third-order valence-corrected chi connectivity index (χ3v) is 6.58. The van der Waals surface area contributed by atoms with Gasteiger partial charge in [0, 0.05) is 47.9 Å². The van der Waals surface area contributed by atoms with Crippen LogP contribution in [0.25, 0.3) is 21.7 Å². The van der Waals surface area contributed by atoms with E-state index in [2.05, 4.69) is 58.9 Å². The fourth-order valence-corrected chi connectivity index (χ4v) is 4.87. The molecule has 5 heteroatoms. The number of rotatable bonds is 6. The molecule has 1 aliphatic rings. The predicted molar refractivity (Wildman–Crippen MR) is 131 cm³/mol. The summed E-state index contributed by atoms with van der Waals surface area (Å²) in [5.41, 5.74) is 3.47. The molecule has 0 aliphatic heterocycles. The number of pyridine rings is 2. The fourth-order valence-electron chi connectivity index (χ4n) is 4.87. The minimum absolute atomic E-state index is 0.418. The lowest BCUT2D eigenvalue weighted by Gasteiger charge is -2.31. The van der Waals surface area contributed by atoms with Crippen molar-refractivity contribution in [2.24, 2.45) is 0 Å². The maximum atomic E-state index is 5.38. The van der Waals surface area contributed by atoms with E-state index >= 15 is 0 Å². The number of hydrogen-bond donors (Lipinski definition) is 2. The Hall–Kier alpha value is -3.18. The summed E-state index contributed by atoms with van der Waals surface area (Å²) < 4.78 is 5.38. The number of benzene rings is 2. The third-order valence-electron chi connectivity index (χ3n) is 6.58. The van der Waals surface area contributed by atoms with E-state index in [-0.39, 0.29) is 0 Å². The molecule has 0 amide bonds. The molecule has 2 atom stereocenters. The van der Waals surface area contributed by atoms with Crippen molar-refractivity contribution in [3.05, 3.63) is 72.1 Å². The summed E-state index contributed by atoms with van der Waals surface area (Å²) in [6, 6.07) is 17.6. The number of fused-ring (bicyclic) bond motifs is 2. The van der Waals surface area contributed by atoms with Crippen molar-refractivity contribution < 1.29 is 4.74 Å². The van der Waals surface area contributed by atoms with Gasteiger partial charge in [0.15, 0.2) is 0 Å². The quantitative estimate of drug-likeness (QED) is 0.419. The summed E-state index contributed by atoms with van der Waals surface area (Å²) in [4.78, 5) is 9.29. The first-order valence-corrected chi connectivity index (χ1v) is 11.5. The maximum absolute atomic E-state index is 5.38. The zero-order valence-corrected chi connectivity index (χ0v) is 18.8. The van der Waals surface area contributed by atoms with Crippen molar-refractivity contribution in [3.63, 3.8) is 0 Å². The second kappa shape index (κ2) is 9.13. The standard InChI is InChI=1S/C27H30N4O/c1-18-12-27(31-26-14-23(32-2)10-11-24(18)26)30-22-8-5-7-21(13-22)29-17-20-16-28-15-19-6-3-4-9-25(19)20/h3-4,6,9-12,14-16,21-22,29H,5,7-8,13,17H2,1-2H3,(H,30,31)/t21-,22-/m0/s1. The molecular weight excluding hydrogens is 396 g/mol. The van der Waals surface area contributed by atoms with Crippen LogP contribution in [-0.2, 0) is 6.54 Å². The van der Waals surface area contributed by atoms with Gasteiger partial charge in [-0.05, 0) is 67.3 Å². The Bertz CT molecular complexity index is 1230. The second-order valence-corrected chi connectivity index (χ2v) is 8.81. The van der Waals surface area contributed by atoms with Crippen LogP contribution in [0.4, 0.5) is 5.82 Å². The molecule has 0 radical (unpaired) electrons. The van der Waals surface area contributed by atoms with E-state index in [9.17, 15) is 0 Å². The highest BCUT2D eigenvalue weighted by atomic mass is 16.5. The summed E-state index contributed by atoms with van der Waals surface area (Å²) >= 11 is 0. The summed E-state index contributed by atoms with van der Waals surface area (Å²) in [6.45, 7) is 2.99. The van der Waals surface area contributed by atoms with Gasteiger partial charge < -0.3 is 15.4 Å². The van der Waals surface area contributed by atoms with E-state index in [4.69, 9.17) is 9.72 Å². The van der Waals surface area contributed by atoms with E-state index < -0.39 is 0 Å². The third kappa shape index (κ3) is 4.39. The van der Waals surface area contributed by atoms with Crippen molar-refractivity contribution in [2.45, 2.75) is 51.2 Å². The van der Waals surface area contributed by atoms with Gasteiger partial charge in [0.2, 0.25) is 0 Å². The molecule has 0 saturated heterocycles. The van der Waals surface area contributed by atoms with Crippen molar-refractivity contribution in [3.8, 4) is 5.75 Å². The van der Waals surface area contributed by atoms with Crippen molar-refractivity contribution in [2.75, 3.05) is 12.4 Å². The Morgan fingerprint density at radius 3 is 2.78 bits per heavy atom. The van der Waals surface area contributed by atoms with Crippen molar-refractivity contribution >= 4 is 27.5 Å². The monoisotopic (exact) mass is 426 g/mol. The second-order valence-electron chi connectivity index (χ2n) is 8.81. The van der Waals surface area contributed by atoms with Gasteiger partial charge in [-0.15, -0.1) is 0 Å². The molecule has 2 aromatic heterocycles. The van der Waals surface area contributed by atoms with Crippen LogP contribution in [0, 0.1) is 6.92 Å². The molecule has 1 aliphatic carbocycles. The van der Waals surface area contributed by atoms with Crippen LogP contribution in [0.2, 0.25) is 0 Å². The minimum atomic E-state index is 0.418. The zero-order chi connectivity index (χ0) is 21.9. The average molecular weight is 427 g/mol. The smallest absolute Gasteiger partial charge is 0.127 e. The highest BCUT2D eigenvalue weighted by Crippen LogP contribution is 2.27. The maximum Gasteiger partial charge on any atom is 0.127 e. The van der Waals surface area contributed by atoms with Gasteiger partial charge in [0.05, 0.1) is 12.6 Å². The Morgan fingerprint density at radius 1 is 1.00 bits per heavy atom. The number of anilines is 1. The Kier molecular flexibility index (Phi) is 5.91. The summed E-state index contributed by atoms with van der Waals surface area (Å²) in [5, 5.41) is 11.1. The predicted octanol–water partition coefficient (Wildman–Crippen LogP) is 5.61. The molecule has 2 N–H and O–H groups in total. The molecule has 1 fully saturated rings.